The molecule has 1 aromatic carbocycles. The van der Waals surface area contributed by atoms with Crippen molar-refractivity contribution in [2.45, 2.75) is 38.6 Å². The molecule has 0 saturated heterocycles. The molecule has 4 nitrogen and oxygen atoms in total. The van der Waals surface area contributed by atoms with Gasteiger partial charge in [0.15, 0.2) is 5.82 Å². The molecule has 0 amide bonds. The predicted molar refractivity (Wildman–Crippen MR) is 77.8 cm³/mol. The van der Waals surface area contributed by atoms with Crippen molar-refractivity contribution < 1.29 is 4.52 Å². The van der Waals surface area contributed by atoms with E-state index in [1.54, 1.807) is 0 Å². The van der Waals surface area contributed by atoms with Crippen LogP contribution in [0.1, 0.15) is 37.5 Å². The van der Waals surface area contributed by atoms with Gasteiger partial charge in [0, 0.05) is 22.9 Å². The zero-order chi connectivity index (χ0) is 13.9. The fourth-order valence-corrected chi connectivity index (χ4v) is 2.17. The van der Waals surface area contributed by atoms with Crippen LogP contribution in [0.25, 0.3) is 0 Å². The Morgan fingerprint density at radius 3 is 2.84 bits per heavy atom. The van der Waals surface area contributed by atoms with Gasteiger partial charge in [0.25, 0.3) is 0 Å². The van der Waals surface area contributed by atoms with Crippen molar-refractivity contribution in [2.75, 3.05) is 0 Å². The molecule has 0 aliphatic carbocycles. The summed E-state index contributed by atoms with van der Waals surface area (Å²) in [5.74, 6) is 1.37. The second kappa shape index (κ2) is 5.84. The molecule has 2 rings (SSSR count). The third-order valence-electron chi connectivity index (χ3n) is 2.74. The van der Waals surface area contributed by atoms with E-state index in [9.17, 15) is 0 Å². The van der Waals surface area contributed by atoms with Crippen LogP contribution in [0.4, 0.5) is 0 Å². The molecule has 0 bridgehead atoms. The van der Waals surface area contributed by atoms with Crippen LogP contribution in [0, 0.1) is 0 Å². The van der Waals surface area contributed by atoms with Crippen molar-refractivity contribution in [1.82, 2.24) is 10.1 Å². The lowest BCUT2D eigenvalue weighted by atomic mass is 10.0. The monoisotopic (exact) mass is 323 g/mol. The van der Waals surface area contributed by atoms with Crippen LogP contribution in [0.3, 0.4) is 0 Å². The number of nitrogens with zero attached hydrogens (tertiary/aromatic N) is 2. The molecule has 1 aromatic heterocycles. The van der Waals surface area contributed by atoms with E-state index in [0.29, 0.717) is 18.1 Å². The lowest BCUT2D eigenvalue weighted by molar-refractivity contribution is 0.355. The Kier molecular flexibility index (Phi) is 4.37. The van der Waals surface area contributed by atoms with Gasteiger partial charge < -0.3 is 10.3 Å². The van der Waals surface area contributed by atoms with Crippen LogP contribution in [-0.2, 0) is 12.8 Å². The van der Waals surface area contributed by atoms with Gasteiger partial charge >= 0.3 is 0 Å². The van der Waals surface area contributed by atoms with E-state index in [2.05, 4.69) is 32.1 Å². The summed E-state index contributed by atoms with van der Waals surface area (Å²) in [7, 11) is 0. The number of aromatic nitrogens is 2. The first-order valence-electron chi connectivity index (χ1n) is 6.27. The van der Waals surface area contributed by atoms with Crippen LogP contribution < -0.4 is 5.73 Å². The summed E-state index contributed by atoms with van der Waals surface area (Å²) < 4.78 is 6.29. The first-order valence-corrected chi connectivity index (χ1v) is 7.06. The van der Waals surface area contributed by atoms with Gasteiger partial charge in [0.1, 0.15) is 0 Å². The fourth-order valence-electron chi connectivity index (χ4n) is 1.72. The van der Waals surface area contributed by atoms with Gasteiger partial charge in [0.2, 0.25) is 5.89 Å². The first-order chi connectivity index (χ1) is 8.92. The molecule has 5 heteroatoms. The lowest BCUT2D eigenvalue weighted by Crippen LogP contribution is -2.32. The smallest absolute Gasteiger partial charge is 0.226 e. The summed E-state index contributed by atoms with van der Waals surface area (Å²) in [6.07, 6.45) is 2.22. The van der Waals surface area contributed by atoms with Gasteiger partial charge in [0.05, 0.1) is 0 Å². The lowest BCUT2D eigenvalue weighted by Gasteiger charge is -2.16. The summed E-state index contributed by atoms with van der Waals surface area (Å²) >= 11 is 3.45. The highest BCUT2D eigenvalue weighted by atomic mass is 79.9. The molecule has 0 spiro atoms. The van der Waals surface area contributed by atoms with Crippen molar-refractivity contribution in [3.8, 4) is 0 Å². The largest absolute Gasteiger partial charge is 0.339 e. The number of hydrogen-bond donors (Lipinski definition) is 1. The van der Waals surface area contributed by atoms with E-state index in [-0.39, 0.29) is 5.54 Å². The molecule has 0 aliphatic heterocycles. The molecule has 102 valence electrons. The minimum Gasteiger partial charge on any atom is -0.339 e. The first kappa shape index (κ1) is 14.2. The Labute approximate surface area is 121 Å². The van der Waals surface area contributed by atoms with Crippen molar-refractivity contribution in [1.29, 1.82) is 0 Å². The topological polar surface area (TPSA) is 64.9 Å². The number of halogens is 1. The van der Waals surface area contributed by atoms with Gasteiger partial charge in [-0.25, -0.2) is 0 Å². The molecule has 0 aliphatic rings. The molecule has 2 N–H and O–H groups in total. The summed E-state index contributed by atoms with van der Waals surface area (Å²) in [6, 6.07) is 8.09. The Morgan fingerprint density at radius 2 is 2.16 bits per heavy atom. The van der Waals surface area contributed by atoms with Crippen LogP contribution in [0.15, 0.2) is 33.3 Å². The van der Waals surface area contributed by atoms with Crippen LogP contribution in [0.5, 0.6) is 0 Å². The number of benzene rings is 1. The SMILES string of the molecule is CC(C)(N)CCc1nc(Cc2cccc(Br)c2)no1. The minimum absolute atomic E-state index is 0.209. The zero-order valence-electron chi connectivity index (χ0n) is 11.2. The van der Waals surface area contributed by atoms with Gasteiger partial charge in [-0.05, 0) is 38.0 Å². The van der Waals surface area contributed by atoms with Crippen LogP contribution in [-0.4, -0.2) is 15.7 Å². The molecule has 0 radical (unpaired) electrons. The molecular formula is C14H18BrN3O. The molecule has 0 atom stereocenters. The Bertz CT molecular complexity index is 546. The molecule has 0 saturated carbocycles. The molecule has 0 fully saturated rings. The number of hydrogen-bond acceptors (Lipinski definition) is 4. The second-order valence-electron chi connectivity index (χ2n) is 5.40. The maximum Gasteiger partial charge on any atom is 0.226 e. The quantitative estimate of drug-likeness (QED) is 0.918. The summed E-state index contributed by atoms with van der Waals surface area (Å²) in [4.78, 5) is 4.39. The van der Waals surface area contributed by atoms with Crippen molar-refractivity contribution in [2.24, 2.45) is 5.73 Å². The van der Waals surface area contributed by atoms with E-state index in [1.807, 2.05) is 32.0 Å². The predicted octanol–water partition coefficient (Wildman–Crippen LogP) is 3.09. The van der Waals surface area contributed by atoms with Crippen molar-refractivity contribution in [3.63, 3.8) is 0 Å². The average Bonchev–Trinajstić information content (AvgIpc) is 2.73. The molecule has 0 unspecified atom stereocenters. The Morgan fingerprint density at radius 1 is 1.37 bits per heavy atom. The fraction of sp³-hybridized carbons (Fsp3) is 0.429. The normalized spacial score (nSPS) is 11.8. The van der Waals surface area contributed by atoms with Gasteiger partial charge in [-0.2, -0.15) is 4.98 Å². The molecule has 19 heavy (non-hydrogen) atoms. The summed E-state index contributed by atoms with van der Waals surface area (Å²) in [5, 5.41) is 4.00. The van der Waals surface area contributed by atoms with Gasteiger partial charge in [-0.15, -0.1) is 0 Å². The van der Waals surface area contributed by atoms with E-state index in [1.165, 1.54) is 0 Å². The number of nitrogens with two attached hydrogens (primary N) is 1. The molecule has 2 aromatic rings. The Hall–Kier alpha value is -1.20. The summed E-state index contributed by atoms with van der Waals surface area (Å²) in [6.45, 7) is 3.98. The third kappa shape index (κ3) is 4.76. The number of aryl methyl sites for hydroxylation is 1. The highest BCUT2D eigenvalue weighted by Crippen LogP contribution is 2.15. The van der Waals surface area contributed by atoms with Crippen molar-refractivity contribution >= 4 is 15.9 Å². The average molecular weight is 324 g/mol. The maximum atomic E-state index is 5.94. The zero-order valence-corrected chi connectivity index (χ0v) is 12.8. The maximum absolute atomic E-state index is 5.94. The number of rotatable bonds is 5. The molecular weight excluding hydrogens is 306 g/mol. The van der Waals surface area contributed by atoms with E-state index in [0.717, 1.165) is 22.9 Å². The minimum atomic E-state index is -0.209. The van der Waals surface area contributed by atoms with E-state index in [4.69, 9.17) is 10.3 Å². The van der Waals surface area contributed by atoms with Gasteiger partial charge in [-0.3, -0.25) is 0 Å². The Balaban J connectivity index is 1.97. The van der Waals surface area contributed by atoms with Crippen LogP contribution in [0.2, 0.25) is 0 Å². The standard InChI is InChI=1S/C14H18BrN3O/c1-14(2,16)7-6-13-17-12(18-19-13)9-10-4-3-5-11(15)8-10/h3-5,8H,6-7,9,16H2,1-2H3. The summed E-state index contributed by atoms with van der Waals surface area (Å²) in [5.41, 5.74) is 6.88. The van der Waals surface area contributed by atoms with Gasteiger partial charge in [-0.1, -0.05) is 33.2 Å². The third-order valence-corrected chi connectivity index (χ3v) is 3.24. The highest BCUT2D eigenvalue weighted by Gasteiger charge is 2.14. The molecule has 1 heterocycles. The van der Waals surface area contributed by atoms with Crippen molar-refractivity contribution in [3.05, 3.63) is 46.0 Å². The van der Waals surface area contributed by atoms with Crippen LogP contribution >= 0.6 is 15.9 Å². The second-order valence-corrected chi connectivity index (χ2v) is 6.32. The highest BCUT2D eigenvalue weighted by molar-refractivity contribution is 9.10. The van der Waals surface area contributed by atoms with E-state index < -0.39 is 0 Å². The van der Waals surface area contributed by atoms with E-state index >= 15 is 0 Å².